The molecule has 3 aromatic carbocycles. The number of nitrogens with one attached hydrogen (secondary N) is 1. The third kappa shape index (κ3) is 6.59. The lowest BCUT2D eigenvalue weighted by Gasteiger charge is -2.12. The zero-order valence-corrected chi connectivity index (χ0v) is 21.9. The van der Waals surface area contributed by atoms with E-state index in [2.05, 4.69) is 5.32 Å². The van der Waals surface area contributed by atoms with Gasteiger partial charge in [-0.15, -0.1) is 0 Å². The largest absolute Gasteiger partial charge is 0.325 e. The van der Waals surface area contributed by atoms with E-state index >= 15 is 0 Å². The molecule has 1 N–H and O–H groups in total. The van der Waals surface area contributed by atoms with Crippen LogP contribution >= 0.6 is 35.1 Å². The van der Waals surface area contributed by atoms with Crippen LogP contribution in [0.25, 0.3) is 6.08 Å². The van der Waals surface area contributed by atoms with Gasteiger partial charge in [-0.3, -0.25) is 29.4 Å². The Kier molecular flexibility index (Phi) is 8.32. The summed E-state index contributed by atoms with van der Waals surface area (Å²) in [7, 11) is 0. The molecule has 0 radical (unpaired) electrons. The van der Waals surface area contributed by atoms with Crippen LogP contribution in [0, 0.1) is 10.1 Å². The molecule has 3 amide bonds. The van der Waals surface area contributed by atoms with Crippen molar-refractivity contribution in [3.63, 3.8) is 0 Å². The molecular weight excluding hydrogens is 534 g/mol. The average Bonchev–Trinajstić information content (AvgIpc) is 3.13. The molecule has 0 bridgehead atoms. The molecule has 1 aliphatic heterocycles. The summed E-state index contributed by atoms with van der Waals surface area (Å²) >= 11 is 7.80. The number of hydrogen-bond acceptors (Lipinski definition) is 7. The maximum atomic E-state index is 12.8. The fourth-order valence-corrected chi connectivity index (χ4v) is 5.30. The maximum absolute atomic E-state index is 12.8. The van der Waals surface area contributed by atoms with E-state index in [4.69, 9.17) is 11.6 Å². The van der Waals surface area contributed by atoms with E-state index in [9.17, 15) is 24.5 Å². The Morgan fingerprint density at radius 3 is 2.46 bits per heavy atom. The minimum atomic E-state index is -0.631. The highest BCUT2D eigenvalue weighted by Crippen LogP contribution is 2.37. The van der Waals surface area contributed by atoms with Crippen LogP contribution in [0.15, 0.2) is 81.4 Å². The Hall–Kier alpha value is -3.60. The number of hydrogen-bond donors (Lipinski definition) is 1. The number of amides is 3. The van der Waals surface area contributed by atoms with Crippen molar-refractivity contribution in [2.24, 2.45) is 0 Å². The second-order valence-corrected chi connectivity index (χ2v) is 10.5. The Morgan fingerprint density at radius 2 is 1.81 bits per heavy atom. The van der Waals surface area contributed by atoms with Gasteiger partial charge in [-0.2, -0.15) is 0 Å². The van der Waals surface area contributed by atoms with Gasteiger partial charge in [0.05, 0.1) is 14.7 Å². The summed E-state index contributed by atoms with van der Waals surface area (Å²) in [5.74, 6) is -1.14. The van der Waals surface area contributed by atoms with Crippen molar-refractivity contribution >= 4 is 69.6 Å². The molecule has 4 rings (SSSR count). The molecule has 37 heavy (non-hydrogen) atoms. The average molecular weight is 554 g/mol. The van der Waals surface area contributed by atoms with Crippen molar-refractivity contribution in [3.05, 3.63) is 97.9 Å². The van der Waals surface area contributed by atoms with Gasteiger partial charge in [0.2, 0.25) is 5.91 Å². The second-order valence-electron chi connectivity index (χ2n) is 7.91. The van der Waals surface area contributed by atoms with E-state index in [1.165, 1.54) is 23.9 Å². The quantitative estimate of drug-likeness (QED) is 0.189. The molecular formula is C26H20ClN3O5S2. The van der Waals surface area contributed by atoms with Gasteiger partial charge < -0.3 is 5.32 Å². The van der Waals surface area contributed by atoms with Crippen molar-refractivity contribution < 1.29 is 19.3 Å². The minimum Gasteiger partial charge on any atom is -0.325 e. The van der Waals surface area contributed by atoms with Gasteiger partial charge in [-0.25, -0.2) is 0 Å². The fourth-order valence-electron chi connectivity index (χ4n) is 3.44. The van der Waals surface area contributed by atoms with Gasteiger partial charge >= 0.3 is 0 Å². The van der Waals surface area contributed by atoms with Gasteiger partial charge in [0, 0.05) is 21.7 Å². The Morgan fingerprint density at radius 1 is 1.11 bits per heavy atom. The standard InChI is InChI=1S/C26H20ClN3O5S2/c1-2-16-3-8-19(9-4-16)28-24(31)15-29-25(32)23(37-26(29)33)14-17-5-12-22(21(13-17)30(34)35)36-20-10-6-18(27)7-11-20/h3-14H,2,15H2,1H3,(H,28,31)/b23-14-. The normalized spacial score (nSPS) is 14.3. The van der Waals surface area contributed by atoms with Gasteiger partial charge in [0.15, 0.2) is 0 Å². The highest BCUT2D eigenvalue weighted by Gasteiger charge is 2.36. The number of carbonyl (C=O) groups excluding carboxylic acids is 3. The molecule has 3 aromatic rings. The zero-order chi connectivity index (χ0) is 26.5. The Balaban J connectivity index is 1.47. The summed E-state index contributed by atoms with van der Waals surface area (Å²) < 4.78 is 0. The van der Waals surface area contributed by atoms with Crippen LogP contribution in [0.1, 0.15) is 18.1 Å². The van der Waals surface area contributed by atoms with Crippen molar-refractivity contribution in [3.8, 4) is 0 Å². The molecule has 0 saturated carbocycles. The van der Waals surface area contributed by atoms with Gasteiger partial charge in [-0.05, 0) is 77.9 Å². The van der Waals surface area contributed by atoms with Gasteiger partial charge in [-0.1, -0.05) is 48.5 Å². The first kappa shape index (κ1) is 26.5. The molecule has 1 aliphatic rings. The molecule has 1 heterocycles. The van der Waals surface area contributed by atoms with Crippen molar-refractivity contribution in [2.45, 2.75) is 23.1 Å². The molecule has 188 valence electrons. The van der Waals surface area contributed by atoms with Gasteiger partial charge in [0.25, 0.3) is 16.8 Å². The molecule has 0 spiro atoms. The maximum Gasteiger partial charge on any atom is 0.294 e. The van der Waals surface area contributed by atoms with Crippen molar-refractivity contribution in [1.29, 1.82) is 0 Å². The number of thioether (sulfide) groups is 1. The summed E-state index contributed by atoms with van der Waals surface area (Å²) in [5, 5.41) is 14.4. The van der Waals surface area contributed by atoms with Crippen LogP contribution in [-0.2, 0) is 16.0 Å². The monoisotopic (exact) mass is 553 g/mol. The summed E-state index contributed by atoms with van der Waals surface area (Å²) in [6.45, 7) is 1.59. The molecule has 8 nitrogen and oxygen atoms in total. The molecule has 1 fully saturated rings. The zero-order valence-electron chi connectivity index (χ0n) is 19.5. The molecule has 0 unspecified atom stereocenters. The number of imide groups is 1. The number of aryl methyl sites for hydroxylation is 1. The third-order valence-electron chi connectivity index (χ3n) is 5.34. The minimum absolute atomic E-state index is 0.0810. The summed E-state index contributed by atoms with van der Waals surface area (Å²) in [5.41, 5.74) is 1.93. The smallest absolute Gasteiger partial charge is 0.294 e. The number of anilines is 1. The number of nitro benzene ring substituents is 1. The van der Waals surface area contributed by atoms with Crippen molar-refractivity contribution in [2.75, 3.05) is 11.9 Å². The molecule has 0 aromatic heterocycles. The van der Waals surface area contributed by atoms with Crippen LogP contribution in [0.5, 0.6) is 0 Å². The van der Waals surface area contributed by atoms with E-state index in [0.717, 1.165) is 21.8 Å². The number of nitro groups is 1. The number of rotatable bonds is 8. The molecule has 1 saturated heterocycles. The molecule has 0 aliphatic carbocycles. The number of nitrogens with zero attached hydrogens (tertiary/aromatic N) is 2. The van der Waals surface area contributed by atoms with Crippen molar-refractivity contribution in [1.82, 2.24) is 4.90 Å². The Labute approximate surface area is 226 Å². The highest BCUT2D eigenvalue weighted by molar-refractivity contribution is 8.18. The first-order valence-corrected chi connectivity index (χ1v) is 13.1. The number of carbonyl (C=O) groups is 3. The number of benzene rings is 3. The lowest BCUT2D eigenvalue weighted by Crippen LogP contribution is -2.36. The SMILES string of the molecule is CCc1ccc(NC(=O)CN2C(=O)S/C(=C\c3ccc(Sc4ccc(Cl)cc4)c([N+](=O)[O-])c3)C2=O)cc1. The van der Waals surface area contributed by atoms with E-state index in [-0.39, 0.29) is 10.6 Å². The van der Waals surface area contributed by atoms with E-state index in [1.807, 2.05) is 19.1 Å². The second kappa shape index (κ2) is 11.6. The highest BCUT2D eigenvalue weighted by atomic mass is 35.5. The molecule has 11 heteroatoms. The van der Waals surface area contributed by atoms with Gasteiger partial charge in [0.1, 0.15) is 6.54 Å². The fraction of sp³-hybridized carbons (Fsp3) is 0.115. The molecule has 0 atom stereocenters. The Bertz CT molecular complexity index is 1410. The first-order chi connectivity index (χ1) is 17.7. The predicted octanol–water partition coefficient (Wildman–Crippen LogP) is 6.64. The van der Waals surface area contributed by atoms with Crippen LogP contribution < -0.4 is 5.32 Å². The van der Waals surface area contributed by atoms with E-state index < -0.39 is 28.5 Å². The van der Waals surface area contributed by atoms with E-state index in [1.54, 1.807) is 48.5 Å². The van der Waals surface area contributed by atoms with Crippen LogP contribution in [0.2, 0.25) is 5.02 Å². The number of halogens is 1. The van der Waals surface area contributed by atoms with E-state index in [0.29, 0.717) is 32.9 Å². The van der Waals surface area contributed by atoms with Crippen LogP contribution in [0.4, 0.5) is 16.2 Å². The first-order valence-electron chi connectivity index (χ1n) is 11.1. The topological polar surface area (TPSA) is 110 Å². The van der Waals surface area contributed by atoms with Crippen LogP contribution in [0.3, 0.4) is 0 Å². The lowest BCUT2D eigenvalue weighted by molar-refractivity contribution is -0.387. The summed E-state index contributed by atoms with van der Waals surface area (Å²) in [4.78, 5) is 51.0. The predicted molar refractivity (Wildman–Crippen MR) is 146 cm³/mol. The van der Waals surface area contributed by atoms with Crippen LogP contribution in [-0.4, -0.2) is 33.4 Å². The lowest BCUT2D eigenvalue weighted by atomic mass is 10.1. The summed E-state index contributed by atoms with van der Waals surface area (Å²) in [6, 6.07) is 18.8. The third-order valence-corrected chi connectivity index (χ3v) is 7.57. The summed E-state index contributed by atoms with van der Waals surface area (Å²) in [6.07, 6.45) is 2.28.